The van der Waals surface area contributed by atoms with Gasteiger partial charge in [-0.15, -0.1) is 0 Å². The third-order valence-corrected chi connectivity index (χ3v) is 4.92. The zero-order valence-electron chi connectivity index (χ0n) is 16.3. The van der Waals surface area contributed by atoms with Crippen LogP contribution in [0.3, 0.4) is 0 Å². The van der Waals surface area contributed by atoms with Crippen LogP contribution in [0.5, 0.6) is 0 Å². The van der Waals surface area contributed by atoms with Crippen molar-refractivity contribution in [2.24, 2.45) is 5.92 Å². The maximum atomic E-state index is 12.2. The van der Waals surface area contributed by atoms with Gasteiger partial charge in [0.25, 0.3) is 5.91 Å². The van der Waals surface area contributed by atoms with Gasteiger partial charge in [-0.05, 0) is 57.6 Å². The van der Waals surface area contributed by atoms with Crippen molar-refractivity contribution in [3.8, 4) is 0 Å². The third kappa shape index (κ3) is 7.50. The molecule has 0 saturated carbocycles. The van der Waals surface area contributed by atoms with Gasteiger partial charge in [0.1, 0.15) is 0 Å². The molecule has 0 aliphatic heterocycles. The first kappa shape index (κ1) is 22.7. The number of nitrogen functional groups attached to an aromatic ring is 1. The summed E-state index contributed by atoms with van der Waals surface area (Å²) in [6.07, 6.45) is 1.86. The van der Waals surface area contributed by atoms with Crippen molar-refractivity contribution in [1.82, 2.24) is 10.4 Å². The van der Waals surface area contributed by atoms with Crippen LogP contribution in [0.2, 0.25) is 5.02 Å². The Bertz CT molecular complexity index is 553. The number of hydrogen-bond acceptors (Lipinski definition) is 5. The van der Waals surface area contributed by atoms with E-state index in [1.54, 1.807) is 19.2 Å². The Kier molecular flexibility index (Phi) is 10.6. The van der Waals surface area contributed by atoms with Crippen LogP contribution in [-0.4, -0.2) is 50.3 Å². The topological polar surface area (TPSA) is 76.8 Å². The number of hydroxylamine groups is 1. The number of halogens is 1. The average molecular weight is 386 g/mol. The van der Waals surface area contributed by atoms with Gasteiger partial charge in [0.15, 0.2) is 0 Å². The molecule has 6 nitrogen and oxygen atoms in total. The normalized spacial score (nSPS) is 13.6. The summed E-state index contributed by atoms with van der Waals surface area (Å²) in [4.78, 5) is 20.2. The summed E-state index contributed by atoms with van der Waals surface area (Å²) in [7, 11) is 1.68. The van der Waals surface area contributed by atoms with Gasteiger partial charge in [0.05, 0.1) is 23.4 Å². The van der Waals surface area contributed by atoms with E-state index in [1.807, 2.05) is 6.92 Å². The molecule has 0 fully saturated rings. The molecule has 0 heterocycles. The van der Waals surface area contributed by atoms with Crippen LogP contribution in [0.4, 0.5) is 5.69 Å². The summed E-state index contributed by atoms with van der Waals surface area (Å²) in [5, 5.41) is 0.347. The molecule has 0 bridgehead atoms. The monoisotopic (exact) mass is 385 g/mol. The molecule has 2 atom stereocenters. The summed E-state index contributed by atoms with van der Waals surface area (Å²) in [5.74, 6) is -0.149. The summed E-state index contributed by atoms with van der Waals surface area (Å²) in [6.45, 7) is 10.0. The highest BCUT2D eigenvalue weighted by Gasteiger charge is 2.20. The number of nitrogens with one attached hydrogen (secondary N) is 1. The van der Waals surface area contributed by atoms with E-state index in [4.69, 9.17) is 26.9 Å². The fourth-order valence-corrected chi connectivity index (χ4v) is 2.94. The van der Waals surface area contributed by atoms with Gasteiger partial charge in [-0.1, -0.05) is 25.4 Å². The first-order valence-corrected chi connectivity index (χ1v) is 9.52. The molecule has 0 saturated heterocycles. The lowest BCUT2D eigenvalue weighted by Gasteiger charge is -2.25. The quantitative estimate of drug-likeness (QED) is 0.426. The molecule has 0 aromatic heterocycles. The van der Waals surface area contributed by atoms with Crippen LogP contribution in [-0.2, 0) is 9.57 Å². The number of amides is 1. The van der Waals surface area contributed by atoms with Crippen LogP contribution in [0.15, 0.2) is 18.2 Å². The largest absolute Gasteiger partial charge is 0.398 e. The minimum absolute atomic E-state index is 0.167. The molecule has 1 amide bonds. The summed E-state index contributed by atoms with van der Waals surface area (Å²) >= 11 is 5.95. The smallest absolute Gasteiger partial charge is 0.274 e. The fraction of sp³-hybridized carbons (Fsp3) is 0.632. The molecular formula is C19H32ClN3O3. The molecule has 1 aromatic rings. The highest BCUT2D eigenvalue weighted by Crippen LogP contribution is 2.20. The molecule has 26 heavy (non-hydrogen) atoms. The molecule has 7 heteroatoms. The molecule has 0 aliphatic carbocycles. The van der Waals surface area contributed by atoms with Gasteiger partial charge in [-0.3, -0.25) is 9.63 Å². The number of anilines is 1. The molecule has 0 spiro atoms. The number of carbonyl (C=O) groups excluding carboxylic acids is 1. The van der Waals surface area contributed by atoms with Gasteiger partial charge < -0.3 is 15.4 Å². The van der Waals surface area contributed by atoms with E-state index >= 15 is 0 Å². The predicted molar refractivity (Wildman–Crippen MR) is 106 cm³/mol. The Morgan fingerprint density at radius 2 is 2.04 bits per heavy atom. The Balaban J connectivity index is 2.51. The average Bonchev–Trinajstić information content (AvgIpc) is 2.64. The van der Waals surface area contributed by atoms with Crippen LogP contribution < -0.4 is 11.2 Å². The molecule has 3 N–H and O–H groups in total. The van der Waals surface area contributed by atoms with Crippen LogP contribution in [0, 0.1) is 5.92 Å². The van der Waals surface area contributed by atoms with Crippen LogP contribution in [0.1, 0.15) is 44.0 Å². The number of nitrogens with two attached hydrogens (primary N) is 1. The van der Waals surface area contributed by atoms with Gasteiger partial charge in [0, 0.05) is 18.6 Å². The number of benzene rings is 1. The van der Waals surface area contributed by atoms with Gasteiger partial charge in [-0.2, -0.15) is 0 Å². The molecule has 2 unspecified atom stereocenters. The number of nitrogens with zero attached hydrogens (tertiary/aromatic N) is 1. The standard InChI is InChI=1S/C19H32ClN3O3/c1-5-23(6-2)11-7-8-16(13-25-4)14(3)26-22-19(24)15-9-10-18(21)17(20)12-15/h9-10,12,14,16H,5-8,11,13,21H2,1-4H3,(H,22,24). The van der Waals surface area contributed by atoms with Gasteiger partial charge >= 0.3 is 0 Å². The van der Waals surface area contributed by atoms with E-state index in [0.717, 1.165) is 32.5 Å². The van der Waals surface area contributed by atoms with Crippen molar-refractivity contribution in [3.63, 3.8) is 0 Å². The first-order chi connectivity index (χ1) is 12.4. The number of ether oxygens (including phenoxy) is 1. The Labute approximate surface area is 161 Å². The SMILES string of the molecule is CCN(CC)CCCC(COC)C(C)ONC(=O)c1ccc(N)c(Cl)c1. The van der Waals surface area contributed by atoms with Crippen molar-refractivity contribution in [2.45, 2.75) is 39.7 Å². The van der Waals surface area contributed by atoms with Crippen LogP contribution >= 0.6 is 11.6 Å². The number of carbonyl (C=O) groups is 1. The summed E-state index contributed by atoms with van der Waals surface area (Å²) < 4.78 is 5.32. The number of methoxy groups -OCH3 is 1. The van der Waals surface area contributed by atoms with E-state index in [2.05, 4.69) is 24.2 Å². The van der Waals surface area contributed by atoms with Crippen molar-refractivity contribution >= 4 is 23.2 Å². The lowest BCUT2D eigenvalue weighted by atomic mass is 9.98. The highest BCUT2D eigenvalue weighted by atomic mass is 35.5. The van der Waals surface area contributed by atoms with E-state index in [1.165, 1.54) is 6.07 Å². The molecule has 148 valence electrons. The fourth-order valence-electron chi connectivity index (χ4n) is 2.75. The van der Waals surface area contributed by atoms with E-state index < -0.39 is 0 Å². The summed E-state index contributed by atoms with van der Waals surface area (Å²) in [6, 6.07) is 4.74. The lowest BCUT2D eigenvalue weighted by Crippen LogP contribution is -2.34. The second-order valence-corrected chi connectivity index (χ2v) is 6.78. The number of rotatable bonds is 12. The molecule has 0 aliphatic rings. The Hall–Kier alpha value is -1.34. The minimum atomic E-state index is -0.349. The van der Waals surface area contributed by atoms with E-state index in [0.29, 0.717) is 22.9 Å². The predicted octanol–water partition coefficient (Wildman–Crippen LogP) is 3.36. The van der Waals surface area contributed by atoms with Crippen molar-refractivity contribution in [3.05, 3.63) is 28.8 Å². The summed E-state index contributed by atoms with van der Waals surface area (Å²) in [5.41, 5.74) is 9.00. The van der Waals surface area contributed by atoms with Gasteiger partial charge in [0.2, 0.25) is 0 Å². The second kappa shape index (κ2) is 12.1. The maximum Gasteiger partial charge on any atom is 0.274 e. The Morgan fingerprint density at radius 1 is 1.35 bits per heavy atom. The Morgan fingerprint density at radius 3 is 2.62 bits per heavy atom. The third-order valence-electron chi connectivity index (χ3n) is 4.59. The highest BCUT2D eigenvalue weighted by molar-refractivity contribution is 6.33. The minimum Gasteiger partial charge on any atom is -0.398 e. The van der Waals surface area contributed by atoms with E-state index in [-0.39, 0.29) is 17.9 Å². The zero-order chi connectivity index (χ0) is 19.5. The van der Waals surface area contributed by atoms with Crippen molar-refractivity contribution in [1.29, 1.82) is 0 Å². The molecular weight excluding hydrogens is 354 g/mol. The molecule has 1 aromatic carbocycles. The van der Waals surface area contributed by atoms with Crippen LogP contribution in [0.25, 0.3) is 0 Å². The first-order valence-electron chi connectivity index (χ1n) is 9.15. The van der Waals surface area contributed by atoms with Crippen molar-refractivity contribution < 1.29 is 14.4 Å². The second-order valence-electron chi connectivity index (χ2n) is 6.37. The zero-order valence-corrected chi connectivity index (χ0v) is 17.0. The number of hydrogen-bond donors (Lipinski definition) is 2. The maximum absolute atomic E-state index is 12.2. The lowest BCUT2D eigenvalue weighted by molar-refractivity contribution is -0.0519. The molecule has 0 radical (unpaired) electrons. The molecule has 1 rings (SSSR count). The van der Waals surface area contributed by atoms with Gasteiger partial charge in [-0.25, -0.2) is 5.48 Å². The van der Waals surface area contributed by atoms with Crippen molar-refractivity contribution in [2.75, 3.05) is 39.1 Å². The van der Waals surface area contributed by atoms with E-state index in [9.17, 15) is 4.79 Å².